The summed E-state index contributed by atoms with van der Waals surface area (Å²) in [4.78, 5) is 0. The fourth-order valence-corrected chi connectivity index (χ4v) is 2.00. The minimum Gasteiger partial charge on any atom is -0.489 e. The predicted molar refractivity (Wildman–Crippen MR) is 74.9 cm³/mol. The maximum atomic E-state index is 13.1. The smallest absolute Gasteiger partial charge is 0.159 e. The lowest BCUT2D eigenvalue weighted by molar-refractivity contribution is 0.301. The minimum absolute atomic E-state index is 0.162. The van der Waals surface area contributed by atoms with Gasteiger partial charge in [-0.15, -0.1) is 0 Å². The van der Waals surface area contributed by atoms with E-state index in [2.05, 4.69) is 5.32 Å². The van der Waals surface area contributed by atoms with Crippen LogP contribution in [-0.4, -0.2) is 7.05 Å². The molecule has 0 aliphatic carbocycles. The lowest BCUT2D eigenvalue weighted by atomic mass is 10.2. The molecule has 0 bridgehead atoms. The highest BCUT2D eigenvalue weighted by Crippen LogP contribution is 2.24. The van der Waals surface area contributed by atoms with Gasteiger partial charge in [0.1, 0.15) is 12.4 Å². The Labute approximate surface area is 121 Å². The van der Waals surface area contributed by atoms with E-state index in [0.29, 0.717) is 22.9 Å². The zero-order valence-corrected chi connectivity index (χ0v) is 11.7. The zero-order valence-electron chi connectivity index (χ0n) is 10.9. The normalized spacial score (nSPS) is 10.6. The number of nitrogens with one attached hydrogen (secondary N) is 1. The van der Waals surface area contributed by atoms with Crippen molar-refractivity contribution in [2.75, 3.05) is 7.05 Å². The highest BCUT2D eigenvalue weighted by atomic mass is 35.5. The van der Waals surface area contributed by atoms with Crippen molar-refractivity contribution in [1.82, 2.24) is 5.32 Å². The van der Waals surface area contributed by atoms with Crippen LogP contribution >= 0.6 is 11.6 Å². The molecule has 2 aromatic rings. The molecule has 1 N–H and O–H groups in total. The first-order valence-corrected chi connectivity index (χ1v) is 6.47. The van der Waals surface area contributed by atoms with E-state index < -0.39 is 11.6 Å². The summed E-state index contributed by atoms with van der Waals surface area (Å²) < 4.78 is 31.6. The maximum absolute atomic E-state index is 13.1. The van der Waals surface area contributed by atoms with Crippen LogP contribution in [0.15, 0.2) is 36.4 Å². The van der Waals surface area contributed by atoms with Gasteiger partial charge in [-0.05, 0) is 42.9 Å². The van der Waals surface area contributed by atoms with Crippen molar-refractivity contribution >= 4 is 11.6 Å². The van der Waals surface area contributed by atoms with E-state index in [1.54, 1.807) is 18.2 Å². The van der Waals surface area contributed by atoms with Gasteiger partial charge in [-0.1, -0.05) is 17.7 Å². The molecule has 0 heterocycles. The molecule has 2 nitrogen and oxygen atoms in total. The topological polar surface area (TPSA) is 21.3 Å². The quantitative estimate of drug-likeness (QED) is 0.903. The summed E-state index contributed by atoms with van der Waals surface area (Å²) in [5, 5.41) is 3.64. The van der Waals surface area contributed by atoms with Gasteiger partial charge in [-0.3, -0.25) is 0 Å². The molecule has 2 rings (SSSR count). The highest BCUT2D eigenvalue weighted by Gasteiger charge is 2.06. The lowest BCUT2D eigenvalue weighted by Gasteiger charge is -2.12. The molecular weight excluding hydrogens is 284 g/mol. The third-order valence-electron chi connectivity index (χ3n) is 2.77. The first kappa shape index (κ1) is 14.8. The molecule has 0 fully saturated rings. The van der Waals surface area contributed by atoms with Crippen molar-refractivity contribution in [3.63, 3.8) is 0 Å². The van der Waals surface area contributed by atoms with E-state index in [9.17, 15) is 8.78 Å². The number of halogens is 3. The number of hydrogen-bond donors (Lipinski definition) is 1. The molecule has 2 aromatic carbocycles. The van der Waals surface area contributed by atoms with Crippen LogP contribution < -0.4 is 10.1 Å². The van der Waals surface area contributed by atoms with E-state index in [0.717, 1.165) is 17.7 Å². The van der Waals surface area contributed by atoms with Crippen LogP contribution in [0.4, 0.5) is 8.78 Å². The van der Waals surface area contributed by atoms with Gasteiger partial charge in [0, 0.05) is 17.1 Å². The Balaban J connectivity index is 2.11. The number of hydrogen-bond acceptors (Lipinski definition) is 2. The Hall–Kier alpha value is -1.65. The van der Waals surface area contributed by atoms with Gasteiger partial charge >= 0.3 is 0 Å². The van der Waals surface area contributed by atoms with Gasteiger partial charge in [0.2, 0.25) is 0 Å². The molecule has 0 aromatic heterocycles. The minimum atomic E-state index is -0.877. The molecule has 0 atom stereocenters. The molecule has 106 valence electrons. The van der Waals surface area contributed by atoms with Crippen molar-refractivity contribution < 1.29 is 13.5 Å². The van der Waals surface area contributed by atoms with Crippen molar-refractivity contribution in [2.24, 2.45) is 0 Å². The fraction of sp³-hybridized carbons (Fsp3) is 0.200. The maximum Gasteiger partial charge on any atom is 0.159 e. The third-order valence-corrected chi connectivity index (χ3v) is 3.00. The third kappa shape index (κ3) is 3.68. The molecule has 0 amide bonds. The zero-order chi connectivity index (χ0) is 14.5. The SMILES string of the molecule is CNCc1cc(Cl)ccc1OCc1ccc(F)c(F)c1. The van der Waals surface area contributed by atoms with E-state index in [1.165, 1.54) is 6.07 Å². The Kier molecular flexibility index (Phi) is 4.93. The second-order valence-corrected chi connectivity index (χ2v) is 4.76. The monoisotopic (exact) mass is 297 g/mol. The largest absolute Gasteiger partial charge is 0.489 e. The highest BCUT2D eigenvalue weighted by molar-refractivity contribution is 6.30. The molecule has 20 heavy (non-hydrogen) atoms. The van der Waals surface area contributed by atoms with Crippen LogP contribution in [0.25, 0.3) is 0 Å². The van der Waals surface area contributed by atoms with Crippen LogP contribution in [0.5, 0.6) is 5.75 Å². The molecule has 0 unspecified atom stereocenters. The Bertz CT molecular complexity index is 604. The fourth-order valence-electron chi connectivity index (χ4n) is 1.81. The average molecular weight is 298 g/mol. The molecule has 0 spiro atoms. The van der Waals surface area contributed by atoms with E-state index in [4.69, 9.17) is 16.3 Å². The summed E-state index contributed by atoms with van der Waals surface area (Å²) in [6, 6.07) is 8.99. The molecule has 0 saturated carbocycles. The number of benzene rings is 2. The van der Waals surface area contributed by atoms with Gasteiger partial charge < -0.3 is 10.1 Å². The summed E-state index contributed by atoms with van der Waals surface area (Å²) in [6.07, 6.45) is 0. The standard InChI is InChI=1S/C15H14ClF2NO/c1-19-8-11-7-12(16)3-5-15(11)20-9-10-2-4-13(17)14(18)6-10/h2-7,19H,8-9H2,1H3. The Morgan fingerprint density at radius 3 is 2.60 bits per heavy atom. The van der Waals surface area contributed by atoms with Crippen molar-refractivity contribution in [3.8, 4) is 5.75 Å². The van der Waals surface area contributed by atoms with E-state index >= 15 is 0 Å². The molecule has 0 saturated heterocycles. The number of ether oxygens (including phenoxy) is 1. The van der Waals surface area contributed by atoms with Crippen LogP contribution in [0.1, 0.15) is 11.1 Å². The van der Waals surface area contributed by atoms with Crippen molar-refractivity contribution in [2.45, 2.75) is 13.2 Å². The second kappa shape index (κ2) is 6.68. The van der Waals surface area contributed by atoms with Crippen LogP contribution in [0.3, 0.4) is 0 Å². The predicted octanol–water partition coefficient (Wildman–Crippen LogP) is 3.92. The summed E-state index contributed by atoms with van der Waals surface area (Å²) in [7, 11) is 1.82. The first-order valence-electron chi connectivity index (χ1n) is 6.10. The van der Waals surface area contributed by atoms with Gasteiger partial charge in [0.05, 0.1) is 0 Å². The van der Waals surface area contributed by atoms with Gasteiger partial charge in [-0.2, -0.15) is 0 Å². The average Bonchev–Trinajstić information content (AvgIpc) is 2.42. The summed E-state index contributed by atoms with van der Waals surface area (Å²) >= 11 is 5.93. The van der Waals surface area contributed by atoms with Crippen LogP contribution in [-0.2, 0) is 13.2 Å². The lowest BCUT2D eigenvalue weighted by Crippen LogP contribution is -2.07. The van der Waals surface area contributed by atoms with E-state index in [-0.39, 0.29) is 6.61 Å². The van der Waals surface area contributed by atoms with E-state index in [1.807, 2.05) is 7.05 Å². The molecule has 5 heteroatoms. The van der Waals surface area contributed by atoms with Gasteiger partial charge in [0.15, 0.2) is 11.6 Å². The second-order valence-electron chi connectivity index (χ2n) is 4.32. The molecular formula is C15H14ClF2NO. The van der Waals surface area contributed by atoms with Gasteiger partial charge in [0.25, 0.3) is 0 Å². The molecule has 0 aliphatic rings. The summed E-state index contributed by atoms with van der Waals surface area (Å²) in [6.45, 7) is 0.767. The van der Waals surface area contributed by atoms with Crippen molar-refractivity contribution in [3.05, 3.63) is 64.2 Å². The van der Waals surface area contributed by atoms with Gasteiger partial charge in [-0.25, -0.2) is 8.78 Å². The van der Waals surface area contributed by atoms with Crippen molar-refractivity contribution in [1.29, 1.82) is 0 Å². The molecule has 0 aliphatic heterocycles. The Morgan fingerprint density at radius 2 is 1.90 bits per heavy atom. The van der Waals surface area contributed by atoms with Crippen LogP contribution in [0.2, 0.25) is 5.02 Å². The number of rotatable bonds is 5. The van der Waals surface area contributed by atoms with Crippen LogP contribution in [0, 0.1) is 11.6 Å². The Morgan fingerprint density at radius 1 is 1.10 bits per heavy atom. The molecule has 0 radical (unpaired) electrons. The first-order chi connectivity index (χ1) is 9.60. The summed E-state index contributed by atoms with van der Waals surface area (Å²) in [5.74, 6) is -1.08. The summed E-state index contributed by atoms with van der Waals surface area (Å²) in [5.41, 5.74) is 1.47.